The third kappa shape index (κ3) is 1.92. The summed E-state index contributed by atoms with van der Waals surface area (Å²) in [5.74, 6) is 0.780. The Labute approximate surface area is 107 Å². The van der Waals surface area contributed by atoms with Gasteiger partial charge in [-0.1, -0.05) is 6.08 Å². The standard InChI is InChI=1S/C10H11N3S3/c1-4-5-13-8-7(16-10(13)14)9(15-3)12-6(2)11-8/h4H,1,5H2,2-3H3. The van der Waals surface area contributed by atoms with Gasteiger partial charge in [0, 0.05) is 6.54 Å². The molecule has 0 bridgehead atoms. The number of rotatable bonds is 3. The van der Waals surface area contributed by atoms with Crippen LogP contribution >= 0.6 is 35.3 Å². The maximum atomic E-state index is 5.33. The van der Waals surface area contributed by atoms with Crippen LogP contribution in [0.5, 0.6) is 0 Å². The minimum absolute atomic E-state index is 0.698. The summed E-state index contributed by atoms with van der Waals surface area (Å²) >= 11 is 8.52. The molecule has 2 aromatic rings. The molecule has 0 aliphatic carbocycles. The van der Waals surface area contributed by atoms with E-state index < -0.39 is 0 Å². The average molecular weight is 269 g/mol. The fourth-order valence-electron chi connectivity index (χ4n) is 1.45. The summed E-state index contributed by atoms with van der Waals surface area (Å²) in [6, 6.07) is 0. The molecular weight excluding hydrogens is 258 g/mol. The maximum absolute atomic E-state index is 5.33. The molecule has 0 N–H and O–H groups in total. The number of fused-ring (bicyclic) bond motifs is 1. The number of thioether (sulfide) groups is 1. The quantitative estimate of drug-likeness (QED) is 0.370. The van der Waals surface area contributed by atoms with Gasteiger partial charge in [0.2, 0.25) is 0 Å². The second-order valence-corrected chi connectivity index (χ2v) is 5.64. The van der Waals surface area contributed by atoms with E-state index in [1.54, 1.807) is 23.1 Å². The van der Waals surface area contributed by atoms with Crippen LogP contribution < -0.4 is 0 Å². The van der Waals surface area contributed by atoms with E-state index in [2.05, 4.69) is 16.5 Å². The van der Waals surface area contributed by atoms with E-state index in [1.807, 2.05) is 23.8 Å². The van der Waals surface area contributed by atoms with Gasteiger partial charge >= 0.3 is 0 Å². The van der Waals surface area contributed by atoms with Gasteiger partial charge in [0.15, 0.2) is 9.60 Å². The summed E-state index contributed by atoms with van der Waals surface area (Å²) in [5, 5.41) is 1.00. The van der Waals surface area contributed by atoms with Crippen molar-refractivity contribution in [3.8, 4) is 0 Å². The molecule has 0 aliphatic rings. The molecule has 0 saturated heterocycles. The fourth-order valence-corrected chi connectivity index (χ4v) is 3.56. The zero-order chi connectivity index (χ0) is 11.7. The van der Waals surface area contributed by atoms with E-state index in [1.165, 1.54) is 0 Å². The molecule has 2 rings (SSSR count). The minimum atomic E-state index is 0.698. The largest absolute Gasteiger partial charge is 0.304 e. The highest BCUT2D eigenvalue weighted by Crippen LogP contribution is 2.29. The number of aryl methyl sites for hydroxylation is 1. The van der Waals surface area contributed by atoms with Crippen LogP contribution in [0.4, 0.5) is 0 Å². The summed E-state index contributed by atoms with van der Waals surface area (Å²) in [7, 11) is 0. The highest BCUT2D eigenvalue weighted by Gasteiger charge is 2.11. The van der Waals surface area contributed by atoms with Crippen LogP contribution in [0, 0.1) is 10.9 Å². The minimum Gasteiger partial charge on any atom is -0.304 e. The van der Waals surface area contributed by atoms with Gasteiger partial charge in [0.05, 0.1) is 0 Å². The molecule has 0 radical (unpaired) electrons. The zero-order valence-electron chi connectivity index (χ0n) is 9.06. The first-order valence-corrected chi connectivity index (χ1v) is 7.15. The molecule has 84 valence electrons. The van der Waals surface area contributed by atoms with Gasteiger partial charge in [-0.05, 0) is 25.4 Å². The molecule has 2 aromatic heterocycles. The predicted octanol–water partition coefficient (Wildman–Crippen LogP) is 3.44. The van der Waals surface area contributed by atoms with E-state index in [9.17, 15) is 0 Å². The average Bonchev–Trinajstić information content (AvgIpc) is 2.56. The Balaban J connectivity index is 2.83. The molecule has 0 unspecified atom stereocenters. The molecule has 0 amide bonds. The summed E-state index contributed by atoms with van der Waals surface area (Å²) in [6.45, 7) is 6.34. The molecule has 0 atom stereocenters. The molecule has 0 aromatic carbocycles. The lowest BCUT2D eigenvalue weighted by molar-refractivity contribution is 0.835. The van der Waals surface area contributed by atoms with Crippen molar-refractivity contribution in [2.24, 2.45) is 0 Å². The lowest BCUT2D eigenvalue weighted by Gasteiger charge is -2.02. The van der Waals surface area contributed by atoms with Gasteiger partial charge in [-0.2, -0.15) is 0 Å². The number of hydrogen-bond acceptors (Lipinski definition) is 5. The van der Waals surface area contributed by atoms with Gasteiger partial charge < -0.3 is 4.57 Å². The zero-order valence-corrected chi connectivity index (χ0v) is 11.5. The van der Waals surface area contributed by atoms with Crippen molar-refractivity contribution >= 4 is 45.7 Å². The summed E-state index contributed by atoms with van der Waals surface area (Å²) in [5.41, 5.74) is 0.923. The van der Waals surface area contributed by atoms with Crippen LogP contribution in [0.3, 0.4) is 0 Å². The van der Waals surface area contributed by atoms with Crippen molar-refractivity contribution < 1.29 is 0 Å². The third-order valence-corrected chi connectivity index (χ3v) is 4.36. The molecule has 2 heterocycles. The Morgan fingerprint density at radius 3 is 2.94 bits per heavy atom. The highest BCUT2D eigenvalue weighted by atomic mass is 32.2. The molecule has 0 fully saturated rings. The predicted molar refractivity (Wildman–Crippen MR) is 73.0 cm³/mol. The van der Waals surface area contributed by atoms with Crippen LogP contribution in [-0.4, -0.2) is 20.8 Å². The SMILES string of the molecule is C=CCn1c(=S)sc2c(SC)nc(C)nc21. The Kier molecular flexibility index (Phi) is 3.41. The topological polar surface area (TPSA) is 30.7 Å². The Hall–Kier alpha value is -0.720. The van der Waals surface area contributed by atoms with Crippen molar-refractivity contribution in [1.29, 1.82) is 0 Å². The van der Waals surface area contributed by atoms with Crippen molar-refractivity contribution in [2.45, 2.75) is 18.5 Å². The lowest BCUT2D eigenvalue weighted by Crippen LogP contribution is -1.99. The van der Waals surface area contributed by atoms with Gasteiger partial charge in [-0.25, -0.2) is 9.97 Å². The smallest absolute Gasteiger partial charge is 0.163 e. The highest BCUT2D eigenvalue weighted by molar-refractivity contribution is 7.98. The van der Waals surface area contributed by atoms with Crippen molar-refractivity contribution in [3.05, 3.63) is 22.4 Å². The molecule has 3 nitrogen and oxygen atoms in total. The molecule has 0 spiro atoms. The van der Waals surface area contributed by atoms with Crippen molar-refractivity contribution in [2.75, 3.05) is 6.26 Å². The van der Waals surface area contributed by atoms with E-state index in [0.717, 1.165) is 25.2 Å². The summed E-state index contributed by atoms with van der Waals surface area (Å²) in [6.07, 6.45) is 3.85. The lowest BCUT2D eigenvalue weighted by atomic mass is 10.5. The number of thiazole rings is 1. The van der Waals surface area contributed by atoms with Gasteiger partial charge in [0.25, 0.3) is 0 Å². The van der Waals surface area contributed by atoms with Crippen LogP contribution in [0.15, 0.2) is 17.7 Å². The van der Waals surface area contributed by atoms with Crippen molar-refractivity contribution in [1.82, 2.24) is 14.5 Å². The number of hydrogen-bond donors (Lipinski definition) is 0. The van der Waals surface area contributed by atoms with Crippen LogP contribution in [0.25, 0.3) is 10.3 Å². The van der Waals surface area contributed by atoms with Crippen molar-refractivity contribution in [3.63, 3.8) is 0 Å². The monoisotopic (exact) mass is 269 g/mol. The first-order chi connectivity index (χ1) is 7.67. The van der Waals surface area contributed by atoms with Gasteiger partial charge in [0.1, 0.15) is 15.6 Å². The fraction of sp³-hybridized carbons (Fsp3) is 0.300. The maximum Gasteiger partial charge on any atom is 0.163 e. The number of nitrogens with zero attached hydrogens (tertiary/aromatic N) is 3. The third-order valence-electron chi connectivity index (χ3n) is 2.10. The Bertz CT molecular complexity index is 597. The Morgan fingerprint density at radius 2 is 2.31 bits per heavy atom. The molecule has 0 saturated carbocycles. The van der Waals surface area contributed by atoms with E-state index >= 15 is 0 Å². The van der Waals surface area contributed by atoms with Crippen LogP contribution in [0.1, 0.15) is 5.82 Å². The summed E-state index contributed by atoms with van der Waals surface area (Å²) in [4.78, 5) is 8.87. The van der Waals surface area contributed by atoms with Gasteiger partial charge in [-0.15, -0.1) is 29.7 Å². The molecule has 6 heteroatoms. The van der Waals surface area contributed by atoms with E-state index in [4.69, 9.17) is 12.2 Å². The molecule has 16 heavy (non-hydrogen) atoms. The van der Waals surface area contributed by atoms with Crippen LogP contribution in [0.2, 0.25) is 0 Å². The van der Waals surface area contributed by atoms with E-state index in [-0.39, 0.29) is 0 Å². The Morgan fingerprint density at radius 1 is 1.56 bits per heavy atom. The number of aromatic nitrogens is 3. The van der Waals surface area contributed by atoms with Gasteiger partial charge in [-0.3, -0.25) is 0 Å². The first-order valence-electron chi connectivity index (χ1n) is 4.70. The number of allylic oxidation sites excluding steroid dienone is 1. The summed E-state index contributed by atoms with van der Waals surface area (Å²) < 4.78 is 3.89. The normalized spacial score (nSPS) is 10.9. The van der Waals surface area contributed by atoms with Crippen LogP contribution in [-0.2, 0) is 6.54 Å². The second-order valence-electron chi connectivity index (χ2n) is 3.20. The second kappa shape index (κ2) is 4.65. The molecule has 0 aliphatic heterocycles. The molecular formula is C10H11N3S3. The van der Waals surface area contributed by atoms with E-state index in [0.29, 0.717) is 6.54 Å². The first kappa shape index (κ1) is 11.8.